The van der Waals surface area contributed by atoms with Gasteiger partial charge in [0.05, 0.1) is 11.1 Å². The number of H-pyrrole nitrogens is 1. The van der Waals surface area contributed by atoms with Gasteiger partial charge in [-0.2, -0.15) is 0 Å². The van der Waals surface area contributed by atoms with Crippen molar-refractivity contribution < 1.29 is 14.7 Å². The molecular formula is C22H20N2O4. The number of carbonyl (C=O) groups excluding carboxylic acids is 1. The van der Waals surface area contributed by atoms with Crippen LogP contribution < -0.4 is 5.56 Å². The summed E-state index contributed by atoms with van der Waals surface area (Å²) in [6.07, 6.45) is 1.67. The first-order chi connectivity index (χ1) is 13.5. The summed E-state index contributed by atoms with van der Waals surface area (Å²) in [7, 11) is 0. The molecule has 1 aliphatic heterocycles. The van der Waals surface area contributed by atoms with E-state index in [9.17, 15) is 14.4 Å². The van der Waals surface area contributed by atoms with Gasteiger partial charge in [0.15, 0.2) is 0 Å². The van der Waals surface area contributed by atoms with Crippen LogP contribution in [0.25, 0.3) is 10.9 Å². The predicted molar refractivity (Wildman–Crippen MR) is 106 cm³/mol. The van der Waals surface area contributed by atoms with Crippen LogP contribution in [0, 0.1) is 5.92 Å². The second-order valence-corrected chi connectivity index (χ2v) is 7.20. The van der Waals surface area contributed by atoms with Crippen molar-refractivity contribution >= 4 is 22.8 Å². The average molecular weight is 376 g/mol. The molecule has 6 heteroatoms. The van der Waals surface area contributed by atoms with Crippen LogP contribution in [-0.4, -0.2) is 40.0 Å². The van der Waals surface area contributed by atoms with Crippen LogP contribution in [0.4, 0.5) is 0 Å². The summed E-state index contributed by atoms with van der Waals surface area (Å²) in [6.45, 7) is 1.28. The number of carboxylic acids is 1. The highest BCUT2D eigenvalue weighted by Crippen LogP contribution is 2.24. The lowest BCUT2D eigenvalue weighted by Gasteiger charge is -2.18. The maximum absolute atomic E-state index is 13.0. The zero-order valence-electron chi connectivity index (χ0n) is 15.2. The molecule has 142 valence electrons. The molecule has 0 aliphatic carbocycles. The number of fused-ring (bicyclic) bond motifs is 1. The molecule has 1 atom stereocenters. The Morgan fingerprint density at radius 3 is 2.61 bits per heavy atom. The van der Waals surface area contributed by atoms with E-state index in [0.29, 0.717) is 30.1 Å². The monoisotopic (exact) mass is 376 g/mol. The van der Waals surface area contributed by atoms with E-state index in [1.54, 1.807) is 23.1 Å². The van der Waals surface area contributed by atoms with Gasteiger partial charge in [-0.25, -0.2) is 4.79 Å². The van der Waals surface area contributed by atoms with Crippen LogP contribution >= 0.6 is 0 Å². The largest absolute Gasteiger partial charge is 0.478 e. The number of pyridine rings is 1. The zero-order valence-corrected chi connectivity index (χ0v) is 15.2. The molecule has 3 aromatic rings. The number of hydrogen-bond acceptors (Lipinski definition) is 3. The molecule has 0 bridgehead atoms. The third-order valence-corrected chi connectivity index (χ3v) is 5.28. The third-order valence-electron chi connectivity index (χ3n) is 5.28. The predicted octanol–water partition coefficient (Wildman–Crippen LogP) is 2.93. The minimum atomic E-state index is -0.936. The van der Waals surface area contributed by atoms with E-state index in [1.165, 1.54) is 6.07 Å². The number of hydrogen-bond donors (Lipinski definition) is 2. The minimum absolute atomic E-state index is 0.119. The molecule has 4 rings (SSSR count). The van der Waals surface area contributed by atoms with E-state index in [0.717, 1.165) is 23.8 Å². The first-order valence-electron chi connectivity index (χ1n) is 9.25. The van der Waals surface area contributed by atoms with Gasteiger partial charge in [-0.1, -0.05) is 30.3 Å². The standard InChI is InChI=1S/C22H20N2O4/c25-20-12-18(17-3-1-2-4-19(17)23-20)21(26)24-10-9-15(13-24)11-14-5-7-16(8-6-14)22(27)28/h1-8,12,15H,9-11,13H2,(H,23,25)(H,27,28)/t15-/m1/s1. The summed E-state index contributed by atoms with van der Waals surface area (Å²) >= 11 is 0. The van der Waals surface area contributed by atoms with Crippen molar-refractivity contribution in [1.82, 2.24) is 9.88 Å². The number of rotatable bonds is 4. The molecule has 0 unspecified atom stereocenters. The number of carboxylic acid groups (broad SMARTS) is 1. The van der Waals surface area contributed by atoms with Crippen molar-refractivity contribution in [2.75, 3.05) is 13.1 Å². The van der Waals surface area contributed by atoms with Crippen molar-refractivity contribution in [3.63, 3.8) is 0 Å². The SMILES string of the molecule is O=C(O)c1ccc(C[C@H]2CCN(C(=O)c3cc(=O)[nH]c4ccccc34)C2)cc1. The van der Waals surface area contributed by atoms with E-state index in [1.807, 2.05) is 30.3 Å². The quantitative estimate of drug-likeness (QED) is 0.732. The molecule has 2 heterocycles. The third kappa shape index (κ3) is 3.53. The number of aromatic amines is 1. The van der Waals surface area contributed by atoms with Crippen LogP contribution in [0.3, 0.4) is 0 Å². The fourth-order valence-corrected chi connectivity index (χ4v) is 3.85. The molecule has 1 saturated heterocycles. The summed E-state index contributed by atoms with van der Waals surface area (Å²) < 4.78 is 0. The van der Waals surface area contributed by atoms with E-state index in [2.05, 4.69) is 4.98 Å². The second-order valence-electron chi connectivity index (χ2n) is 7.20. The van der Waals surface area contributed by atoms with Gasteiger partial charge in [0.1, 0.15) is 0 Å². The molecule has 0 radical (unpaired) electrons. The molecule has 1 aliphatic rings. The fraction of sp³-hybridized carbons (Fsp3) is 0.227. The first-order valence-corrected chi connectivity index (χ1v) is 9.25. The fourth-order valence-electron chi connectivity index (χ4n) is 3.85. The second kappa shape index (κ2) is 7.31. The van der Waals surface area contributed by atoms with Crippen LogP contribution in [0.15, 0.2) is 59.4 Å². The van der Waals surface area contributed by atoms with Crippen molar-refractivity contribution in [2.45, 2.75) is 12.8 Å². The maximum Gasteiger partial charge on any atom is 0.335 e. The van der Waals surface area contributed by atoms with Crippen LogP contribution in [0.1, 0.15) is 32.7 Å². The molecule has 0 spiro atoms. The molecule has 2 N–H and O–H groups in total. The lowest BCUT2D eigenvalue weighted by Crippen LogP contribution is -2.30. The highest BCUT2D eigenvalue weighted by atomic mass is 16.4. The summed E-state index contributed by atoms with van der Waals surface area (Å²) in [5.74, 6) is -0.742. The molecular weight excluding hydrogens is 356 g/mol. The van der Waals surface area contributed by atoms with E-state index in [4.69, 9.17) is 5.11 Å². The lowest BCUT2D eigenvalue weighted by atomic mass is 9.98. The molecule has 2 aromatic carbocycles. The molecule has 1 fully saturated rings. The minimum Gasteiger partial charge on any atom is -0.478 e. The Balaban J connectivity index is 1.49. The van der Waals surface area contributed by atoms with Crippen molar-refractivity contribution in [2.24, 2.45) is 5.92 Å². The highest BCUT2D eigenvalue weighted by molar-refractivity contribution is 6.06. The van der Waals surface area contributed by atoms with E-state index < -0.39 is 5.97 Å². The van der Waals surface area contributed by atoms with E-state index >= 15 is 0 Å². The van der Waals surface area contributed by atoms with Gasteiger partial charge in [-0.05, 0) is 42.5 Å². The number of aromatic nitrogens is 1. The van der Waals surface area contributed by atoms with Gasteiger partial charge < -0.3 is 15.0 Å². The topological polar surface area (TPSA) is 90.5 Å². The number of para-hydroxylation sites is 1. The zero-order chi connectivity index (χ0) is 19.7. The number of benzene rings is 2. The number of likely N-dealkylation sites (tertiary alicyclic amines) is 1. The Hall–Kier alpha value is -3.41. The Kier molecular flexibility index (Phi) is 4.69. The normalized spacial score (nSPS) is 16.4. The van der Waals surface area contributed by atoms with Gasteiger partial charge in [0.25, 0.3) is 5.91 Å². The molecule has 1 aromatic heterocycles. The van der Waals surface area contributed by atoms with E-state index in [-0.39, 0.29) is 17.0 Å². The Labute approximate surface area is 161 Å². The van der Waals surface area contributed by atoms with Gasteiger partial charge in [0.2, 0.25) is 5.56 Å². The number of amides is 1. The molecule has 0 saturated carbocycles. The van der Waals surface area contributed by atoms with Gasteiger partial charge in [-0.15, -0.1) is 0 Å². The van der Waals surface area contributed by atoms with Gasteiger partial charge in [-0.3, -0.25) is 9.59 Å². The van der Waals surface area contributed by atoms with Gasteiger partial charge >= 0.3 is 5.97 Å². The van der Waals surface area contributed by atoms with Crippen molar-refractivity contribution in [3.05, 3.63) is 81.6 Å². The van der Waals surface area contributed by atoms with Gasteiger partial charge in [0, 0.05) is 30.1 Å². The molecule has 28 heavy (non-hydrogen) atoms. The van der Waals surface area contributed by atoms with Crippen LogP contribution in [-0.2, 0) is 6.42 Å². The van der Waals surface area contributed by atoms with Crippen molar-refractivity contribution in [3.8, 4) is 0 Å². The Bertz CT molecular complexity index is 1100. The lowest BCUT2D eigenvalue weighted by molar-refractivity contribution is 0.0696. The Morgan fingerprint density at radius 1 is 1.11 bits per heavy atom. The summed E-state index contributed by atoms with van der Waals surface area (Å²) in [6, 6.07) is 15.6. The summed E-state index contributed by atoms with van der Waals surface area (Å²) in [5.41, 5.74) is 2.15. The Morgan fingerprint density at radius 2 is 1.86 bits per heavy atom. The number of carbonyl (C=O) groups is 2. The summed E-state index contributed by atoms with van der Waals surface area (Å²) in [4.78, 5) is 40.5. The number of nitrogens with zero attached hydrogens (tertiary/aromatic N) is 1. The van der Waals surface area contributed by atoms with Crippen LogP contribution in [0.5, 0.6) is 0 Å². The van der Waals surface area contributed by atoms with Crippen LogP contribution in [0.2, 0.25) is 0 Å². The highest BCUT2D eigenvalue weighted by Gasteiger charge is 2.28. The number of aromatic carboxylic acids is 1. The molecule has 1 amide bonds. The summed E-state index contributed by atoms with van der Waals surface area (Å²) in [5, 5.41) is 9.74. The maximum atomic E-state index is 13.0. The average Bonchev–Trinajstić information content (AvgIpc) is 3.15. The first kappa shape index (κ1) is 18.0. The van der Waals surface area contributed by atoms with Crippen molar-refractivity contribution in [1.29, 1.82) is 0 Å². The number of nitrogens with one attached hydrogen (secondary N) is 1. The smallest absolute Gasteiger partial charge is 0.335 e. The molecule has 6 nitrogen and oxygen atoms in total.